The maximum absolute atomic E-state index is 8.83. The van der Waals surface area contributed by atoms with E-state index in [9.17, 15) is 0 Å². The molecule has 0 radical (unpaired) electrons. The van der Waals surface area contributed by atoms with Crippen molar-refractivity contribution in [3.63, 3.8) is 0 Å². The van der Waals surface area contributed by atoms with Gasteiger partial charge >= 0.3 is 0 Å². The second kappa shape index (κ2) is 19.1. The highest BCUT2D eigenvalue weighted by Gasteiger charge is 2.09. The molecule has 8 nitrogen and oxygen atoms in total. The van der Waals surface area contributed by atoms with E-state index in [-0.39, 0.29) is 0 Å². The van der Waals surface area contributed by atoms with Crippen molar-refractivity contribution in [3.8, 4) is 24.3 Å². The van der Waals surface area contributed by atoms with Crippen molar-refractivity contribution >= 4 is 0 Å². The molecule has 142 valence electrons. The fourth-order valence-electron chi connectivity index (χ4n) is 2.38. The molecule has 0 rings (SSSR count). The summed E-state index contributed by atoms with van der Waals surface area (Å²) in [6, 6.07) is 8.59. The van der Waals surface area contributed by atoms with Crippen LogP contribution in [-0.4, -0.2) is 75.2 Å². The lowest BCUT2D eigenvalue weighted by molar-refractivity contribution is 0.208. The van der Waals surface area contributed by atoms with E-state index in [1.165, 1.54) is 0 Å². The van der Waals surface area contributed by atoms with E-state index in [4.69, 9.17) is 21.0 Å². The Kier molecular flexibility index (Phi) is 17.5. The van der Waals surface area contributed by atoms with Crippen molar-refractivity contribution in [1.82, 2.24) is 20.4 Å². The van der Waals surface area contributed by atoms with Gasteiger partial charge in [-0.3, -0.25) is 9.80 Å². The van der Waals surface area contributed by atoms with Gasteiger partial charge in [-0.15, -0.1) is 0 Å². The van der Waals surface area contributed by atoms with Gasteiger partial charge in [-0.1, -0.05) is 0 Å². The number of hydrogen-bond donors (Lipinski definition) is 2. The highest BCUT2D eigenvalue weighted by molar-refractivity contribution is 4.77. The molecule has 0 aliphatic carbocycles. The van der Waals surface area contributed by atoms with E-state index in [1.807, 2.05) is 0 Å². The molecule has 0 unspecified atom stereocenters. The van der Waals surface area contributed by atoms with Gasteiger partial charge in [0.1, 0.15) is 0 Å². The maximum Gasteiger partial charge on any atom is 0.0635 e. The van der Waals surface area contributed by atoms with Crippen molar-refractivity contribution in [2.24, 2.45) is 0 Å². The van der Waals surface area contributed by atoms with Crippen LogP contribution in [0.5, 0.6) is 0 Å². The Labute approximate surface area is 157 Å². The normalized spacial score (nSPS) is 10.2. The first kappa shape index (κ1) is 23.8. The third-order valence-electron chi connectivity index (χ3n) is 3.85. The summed E-state index contributed by atoms with van der Waals surface area (Å²) in [4.78, 5) is 4.48. The summed E-state index contributed by atoms with van der Waals surface area (Å²) in [6.45, 7) is 7.75. The minimum atomic E-state index is 0.492. The van der Waals surface area contributed by atoms with Crippen LogP contribution in [0.4, 0.5) is 0 Å². The molecule has 0 atom stereocenters. The second-order valence-electron chi connectivity index (χ2n) is 5.82. The molecule has 0 aliphatic rings. The van der Waals surface area contributed by atoms with Gasteiger partial charge in [-0.2, -0.15) is 21.0 Å². The summed E-state index contributed by atoms with van der Waals surface area (Å²) in [7, 11) is 0. The first-order valence-electron chi connectivity index (χ1n) is 9.12. The average molecular weight is 358 g/mol. The fourth-order valence-corrected chi connectivity index (χ4v) is 2.38. The summed E-state index contributed by atoms with van der Waals surface area (Å²) >= 11 is 0. The second-order valence-corrected chi connectivity index (χ2v) is 5.82. The molecule has 0 heterocycles. The summed E-state index contributed by atoms with van der Waals surface area (Å²) in [5.74, 6) is 0. The Balaban J connectivity index is 4.24. The van der Waals surface area contributed by atoms with Crippen molar-refractivity contribution in [2.75, 3.05) is 65.4 Å². The third kappa shape index (κ3) is 15.3. The van der Waals surface area contributed by atoms with Crippen LogP contribution in [0.3, 0.4) is 0 Å². The Bertz CT molecular complexity index is 447. The summed E-state index contributed by atoms with van der Waals surface area (Å²) in [5.41, 5.74) is 0. The average Bonchev–Trinajstić information content (AvgIpc) is 2.66. The van der Waals surface area contributed by atoms with Crippen molar-refractivity contribution < 1.29 is 0 Å². The van der Waals surface area contributed by atoms with Gasteiger partial charge in [0.2, 0.25) is 0 Å². The van der Waals surface area contributed by atoms with E-state index in [0.29, 0.717) is 38.8 Å². The van der Waals surface area contributed by atoms with Crippen LogP contribution in [0.1, 0.15) is 25.7 Å². The van der Waals surface area contributed by atoms with E-state index in [2.05, 4.69) is 44.7 Å². The first-order chi connectivity index (χ1) is 12.8. The molecule has 0 aromatic rings. The van der Waals surface area contributed by atoms with Gasteiger partial charge in [-0.05, 0) is 0 Å². The highest BCUT2D eigenvalue weighted by Crippen LogP contribution is 1.96. The summed E-state index contributed by atoms with van der Waals surface area (Å²) < 4.78 is 0. The monoisotopic (exact) mass is 358 g/mol. The van der Waals surface area contributed by atoms with Crippen LogP contribution < -0.4 is 10.6 Å². The SMILES string of the molecule is N#CCCNCCN(CCC#N)CCN(CCC#N)CCNCCC#N. The Morgan fingerprint density at radius 1 is 0.462 bits per heavy atom. The number of rotatable bonds is 17. The molecule has 26 heavy (non-hydrogen) atoms. The molecular formula is C18H30N8. The van der Waals surface area contributed by atoms with Gasteiger partial charge in [-0.25, -0.2) is 0 Å². The van der Waals surface area contributed by atoms with Crippen LogP contribution >= 0.6 is 0 Å². The molecule has 0 fully saturated rings. The number of nitrogens with one attached hydrogen (secondary N) is 2. The number of nitrogens with zero attached hydrogens (tertiary/aromatic N) is 6. The molecule has 0 spiro atoms. The van der Waals surface area contributed by atoms with Crippen molar-refractivity contribution in [2.45, 2.75) is 25.7 Å². The van der Waals surface area contributed by atoms with Crippen molar-refractivity contribution in [1.29, 1.82) is 21.0 Å². The predicted molar refractivity (Wildman–Crippen MR) is 99.5 cm³/mol. The first-order valence-corrected chi connectivity index (χ1v) is 9.12. The zero-order chi connectivity index (χ0) is 19.3. The van der Waals surface area contributed by atoms with Crippen LogP contribution in [-0.2, 0) is 0 Å². The van der Waals surface area contributed by atoms with Gasteiger partial charge in [0.25, 0.3) is 0 Å². The minimum absolute atomic E-state index is 0.492. The highest BCUT2D eigenvalue weighted by atomic mass is 15.2. The molecule has 0 saturated heterocycles. The Morgan fingerprint density at radius 3 is 1.19 bits per heavy atom. The van der Waals surface area contributed by atoms with Crippen LogP contribution in [0.15, 0.2) is 0 Å². The zero-order valence-corrected chi connectivity index (χ0v) is 15.6. The topological polar surface area (TPSA) is 126 Å². The van der Waals surface area contributed by atoms with E-state index in [0.717, 1.165) is 52.4 Å². The molecular weight excluding hydrogens is 328 g/mol. The number of nitriles is 4. The maximum atomic E-state index is 8.83. The minimum Gasteiger partial charge on any atom is -0.314 e. The van der Waals surface area contributed by atoms with Gasteiger partial charge in [0.05, 0.1) is 24.3 Å². The fraction of sp³-hybridized carbons (Fsp3) is 0.778. The molecule has 0 bridgehead atoms. The van der Waals surface area contributed by atoms with Gasteiger partial charge < -0.3 is 10.6 Å². The standard InChI is InChI=1S/C18H30N8/c19-5-1-9-23-11-15-25(13-3-7-21)17-18-26(14-4-8-22)16-12-24-10-2-6-20/h23-24H,1-4,9-18H2. The molecule has 0 aromatic heterocycles. The van der Waals surface area contributed by atoms with Gasteiger partial charge in [0.15, 0.2) is 0 Å². The quantitative estimate of drug-likeness (QED) is 0.358. The Morgan fingerprint density at radius 2 is 0.846 bits per heavy atom. The van der Waals surface area contributed by atoms with Crippen LogP contribution in [0.2, 0.25) is 0 Å². The zero-order valence-electron chi connectivity index (χ0n) is 15.6. The molecule has 8 heteroatoms. The smallest absolute Gasteiger partial charge is 0.0635 e. The molecule has 2 N–H and O–H groups in total. The third-order valence-corrected chi connectivity index (χ3v) is 3.85. The lowest BCUT2D eigenvalue weighted by Gasteiger charge is -2.27. The number of hydrogen-bond acceptors (Lipinski definition) is 8. The van der Waals surface area contributed by atoms with Crippen LogP contribution in [0.25, 0.3) is 0 Å². The lowest BCUT2D eigenvalue weighted by atomic mass is 10.3. The van der Waals surface area contributed by atoms with Gasteiger partial charge in [0, 0.05) is 91.1 Å². The largest absolute Gasteiger partial charge is 0.314 e. The predicted octanol–water partition coefficient (Wildman–Crippen LogP) is 0.424. The summed E-state index contributed by atoms with van der Waals surface area (Å²) in [6.07, 6.45) is 1.98. The van der Waals surface area contributed by atoms with E-state index >= 15 is 0 Å². The summed E-state index contributed by atoms with van der Waals surface area (Å²) in [5, 5.41) is 41.2. The van der Waals surface area contributed by atoms with E-state index < -0.39 is 0 Å². The van der Waals surface area contributed by atoms with E-state index in [1.54, 1.807) is 0 Å². The molecule has 0 aliphatic heterocycles. The Hall–Kier alpha value is -2.20. The van der Waals surface area contributed by atoms with Crippen LogP contribution in [0, 0.1) is 45.3 Å². The lowest BCUT2D eigenvalue weighted by Crippen LogP contribution is -2.41. The van der Waals surface area contributed by atoms with Crippen molar-refractivity contribution in [3.05, 3.63) is 0 Å². The molecule has 0 aromatic carbocycles. The molecule has 0 amide bonds. The molecule has 0 saturated carbocycles.